The fraction of sp³-hybridized carbons (Fsp3) is 0.909. The minimum Gasteiger partial charge on any atom is -0.343 e. The Balaban J connectivity index is 4.14. The molecule has 0 heterocycles. The molecule has 0 aliphatic rings. The van der Waals surface area contributed by atoms with Gasteiger partial charge in [0.2, 0.25) is 5.91 Å². The molecule has 0 aromatic carbocycles. The molecule has 84 valence electrons. The fourth-order valence-corrected chi connectivity index (χ4v) is 1.40. The van der Waals surface area contributed by atoms with Crippen LogP contribution in [0.1, 0.15) is 47.0 Å². The maximum Gasteiger partial charge on any atom is 0.224 e. The zero-order valence-electron chi connectivity index (χ0n) is 9.97. The molecule has 0 atom stereocenters. The highest BCUT2D eigenvalue weighted by Gasteiger charge is 2.20. The van der Waals surface area contributed by atoms with Crippen LogP contribution in [0.25, 0.3) is 0 Å². The van der Waals surface area contributed by atoms with Crippen LogP contribution in [0.2, 0.25) is 0 Å². The first-order valence-electron chi connectivity index (χ1n) is 5.47. The second-order valence-corrected chi connectivity index (χ2v) is 4.55. The SMILES string of the molecule is CCCN(CCC)C(=O)CC(C)(C)N. The lowest BCUT2D eigenvalue weighted by Gasteiger charge is -2.26. The van der Waals surface area contributed by atoms with E-state index in [0.717, 1.165) is 25.9 Å². The lowest BCUT2D eigenvalue weighted by Crippen LogP contribution is -2.41. The van der Waals surface area contributed by atoms with E-state index in [9.17, 15) is 4.79 Å². The molecular formula is C11H24N2O. The molecule has 0 saturated carbocycles. The molecule has 2 N–H and O–H groups in total. The maximum absolute atomic E-state index is 11.8. The molecule has 0 spiro atoms. The highest BCUT2D eigenvalue weighted by atomic mass is 16.2. The minimum absolute atomic E-state index is 0.182. The maximum atomic E-state index is 11.8. The summed E-state index contributed by atoms with van der Waals surface area (Å²) in [7, 11) is 0. The summed E-state index contributed by atoms with van der Waals surface area (Å²) in [6.07, 6.45) is 2.46. The fourth-order valence-electron chi connectivity index (χ4n) is 1.40. The van der Waals surface area contributed by atoms with Gasteiger partial charge in [0, 0.05) is 25.0 Å². The van der Waals surface area contributed by atoms with Crippen molar-refractivity contribution in [2.45, 2.75) is 52.5 Å². The summed E-state index contributed by atoms with van der Waals surface area (Å²) in [6.45, 7) is 9.65. The zero-order chi connectivity index (χ0) is 11.2. The summed E-state index contributed by atoms with van der Waals surface area (Å²) >= 11 is 0. The Morgan fingerprint density at radius 2 is 1.64 bits per heavy atom. The first-order chi connectivity index (χ1) is 6.40. The van der Waals surface area contributed by atoms with E-state index in [-0.39, 0.29) is 5.91 Å². The Morgan fingerprint density at radius 3 is 1.93 bits per heavy atom. The van der Waals surface area contributed by atoms with Gasteiger partial charge in [-0.25, -0.2) is 0 Å². The Hall–Kier alpha value is -0.570. The third-order valence-corrected chi connectivity index (χ3v) is 1.95. The molecule has 0 unspecified atom stereocenters. The van der Waals surface area contributed by atoms with Crippen LogP contribution in [0, 0.1) is 0 Å². The number of rotatable bonds is 6. The molecule has 0 saturated heterocycles. The summed E-state index contributed by atoms with van der Waals surface area (Å²) in [5.41, 5.74) is 5.43. The van der Waals surface area contributed by atoms with Crippen molar-refractivity contribution in [2.75, 3.05) is 13.1 Å². The van der Waals surface area contributed by atoms with Crippen molar-refractivity contribution in [1.82, 2.24) is 4.90 Å². The van der Waals surface area contributed by atoms with Gasteiger partial charge in [0.15, 0.2) is 0 Å². The Kier molecular flexibility index (Phi) is 5.77. The van der Waals surface area contributed by atoms with Crippen LogP contribution in [0.15, 0.2) is 0 Å². The number of amides is 1. The zero-order valence-corrected chi connectivity index (χ0v) is 9.97. The van der Waals surface area contributed by atoms with Gasteiger partial charge in [0.1, 0.15) is 0 Å². The molecule has 0 fully saturated rings. The van der Waals surface area contributed by atoms with E-state index >= 15 is 0 Å². The van der Waals surface area contributed by atoms with Gasteiger partial charge in [-0.3, -0.25) is 4.79 Å². The molecule has 1 amide bonds. The van der Waals surface area contributed by atoms with Crippen molar-refractivity contribution in [1.29, 1.82) is 0 Å². The standard InChI is InChI=1S/C11H24N2O/c1-5-7-13(8-6-2)10(14)9-11(3,4)12/h5-9,12H2,1-4H3. The van der Waals surface area contributed by atoms with Crippen LogP contribution >= 0.6 is 0 Å². The van der Waals surface area contributed by atoms with Crippen molar-refractivity contribution in [3.63, 3.8) is 0 Å². The van der Waals surface area contributed by atoms with Crippen LogP contribution < -0.4 is 5.73 Å². The van der Waals surface area contributed by atoms with E-state index in [1.165, 1.54) is 0 Å². The number of hydrogen-bond acceptors (Lipinski definition) is 2. The molecule has 0 aromatic rings. The summed E-state index contributed by atoms with van der Waals surface area (Å²) in [6, 6.07) is 0. The van der Waals surface area contributed by atoms with E-state index in [1.807, 2.05) is 18.7 Å². The van der Waals surface area contributed by atoms with Crippen LogP contribution in [-0.4, -0.2) is 29.4 Å². The van der Waals surface area contributed by atoms with E-state index in [4.69, 9.17) is 5.73 Å². The molecule has 0 rings (SSSR count). The van der Waals surface area contributed by atoms with Gasteiger partial charge in [-0.05, 0) is 26.7 Å². The molecule has 0 aliphatic heterocycles. The molecule has 3 heteroatoms. The van der Waals surface area contributed by atoms with Crippen LogP contribution in [0.3, 0.4) is 0 Å². The first-order valence-corrected chi connectivity index (χ1v) is 5.47. The van der Waals surface area contributed by atoms with Gasteiger partial charge >= 0.3 is 0 Å². The third-order valence-electron chi connectivity index (χ3n) is 1.95. The van der Waals surface area contributed by atoms with Gasteiger partial charge in [-0.1, -0.05) is 13.8 Å². The number of carbonyl (C=O) groups is 1. The molecule has 14 heavy (non-hydrogen) atoms. The Morgan fingerprint density at radius 1 is 1.21 bits per heavy atom. The average Bonchev–Trinajstić information content (AvgIpc) is 2.01. The summed E-state index contributed by atoms with van der Waals surface area (Å²) in [5.74, 6) is 0.182. The van der Waals surface area contributed by atoms with Gasteiger partial charge in [-0.2, -0.15) is 0 Å². The van der Waals surface area contributed by atoms with Crippen molar-refractivity contribution in [3.05, 3.63) is 0 Å². The highest BCUT2D eigenvalue weighted by Crippen LogP contribution is 2.08. The van der Waals surface area contributed by atoms with Crippen LogP contribution in [-0.2, 0) is 4.79 Å². The Labute approximate surface area is 87.6 Å². The third kappa shape index (κ3) is 5.97. The van der Waals surface area contributed by atoms with Crippen LogP contribution in [0.4, 0.5) is 0 Å². The molecule has 0 radical (unpaired) electrons. The smallest absolute Gasteiger partial charge is 0.224 e. The van der Waals surface area contributed by atoms with Gasteiger partial charge in [-0.15, -0.1) is 0 Å². The molecular weight excluding hydrogens is 176 g/mol. The topological polar surface area (TPSA) is 46.3 Å². The lowest BCUT2D eigenvalue weighted by atomic mass is 10.0. The number of hydrogen-bond donors (Lipinski definition) is 1. The van der Waals surface area contributed by atoms with E-state index in [2.05, 4.69) is 13.8 Å². The quantitative estimate of drug-likeness (QED) is 0.710. The van der Waals surface area contributed by atoms with Crippen molar-refractivity contribution in [2.24, 2.45) is 5.73 Å². The molecule has 0 aliphatic carbocycles. The van der Waals surface area contributed by atoms with Gasteiger partial charge in [0.05, 0.1) is 0 Å². The molecule has 3 nitrogen and oxygen atoms in total. The molecule has 0 aromatic heterocycles. The monoisotopic (exact) mass is 200 g/mol. The predicted molar refractivity (Wildman–Crippen MR) is 60.0 cm³/mol. The Bertz CT molecular complexity index is 167. The van der Waals surface area contributed by atoms with E-state index in [1.54, 1.807) is 0 Å². The van der Waals surface area contributed by atoms with Gasteiger partial charge < -0.3 is 10.6 Å². The van der Waals surface area contributed by atoms with Crippen molar-refractivity contribution >= 4 is 5.91 Å². The second-order valence-electron chi connectivity index (χ2n) is 4.55. The minimum atomic E-state index is -0.392. The van der Waals surface area contributed by atoms with Crippen LogP contribution in [0.5, 0.6) is 0 Å². The normalized spacial score (nSPS) is 11.5. The lowest BCUT2D eigenvalue weighted by molar-refractivity contribution is -0.132. The summed E-state index contributed by atoms with van der Waals surface area (Å²) in [5, 5.41) is 0. The highest BCUT2D eigenvalue weighted by molar-refractivity contribution is 5.77. The average molecular weight is 200 g/mol. The van der Waals surface area contributed by atoms with E-state index in [0.29, 0.717) is 6.42 Å². The second kappa shape index (κ2) is 6.02. The van der Waals surface area contributed by atoms with E-state index < -0.39 is 5.54 Å². The van der Waals surface area contributed by atoms with Crippen molar-refractivity contribution < 1.29 is 4.79 Å². The van der Waals surface area contributed by atoms with Gasteiger partial charge in [0.25, 0.3) is 0 Å². The molecule has 0 bridgehead atoms. The summed E-state index contributed by atoms with van der Waals surface area (Å²) in [4.78, 5) is 13.7. The largest absolute Gasteiger partial charge is 0.343 e. The van der Waals surface area contributed by atoms with Crippen molar-refractivity contribution in [3.8, 4) is 0 Å². The number of carbonyl (C=O) groups excluding carboxylic acids is 1. The first kappa shape index (κ1) is 13.4. The number of nitrogens with zero attached hydrogens (tertiary/aromatic N) is 1. The summed E-state index contributed by atoms with van der Waals surface area (Å²) < 4.78 is 0. The predicted octanol–water partition coefficient (Wildman–Crippen LogP) is 1.76. The number of nitrogens with two attached hydrogens (primary N) is 1.